The molecule has 20 heavy (non-hydrogen) atoms. The van der Waals surface area contributed by atoms with E-state index in [0.29, 0.717) is 19.0 Å². The Kier molecular flexibility index (Phi) is 3.62. The molecule has 0 bridgehead atoms. The zero-order valence-corrected chi connectivity index (χ0v) is 11.1. The molecular formula is C16H15N3O. The van der Waals surface area contributed by atoms with Gasteiger partial charge in [-0.15, -0.1) is 6.42 Å². The van der Waals surface area contributed by atoms with E-state index in [4.69, 9.17) is 11.2 Å². The van der Waals surface area contributed by atoms with Gasteiger partial charge in [0.15, 0.2) is 5.82 Å². The summed E-state index contributed by atoms with van der Waals surface area (Å²) in [5, 5.41) is 0. The lowest BCUT2D eigenvalue weighted by molar-refractivity contribution is 0.108. The van der Waals surface area contributed by atoms with Crippen LogP contribution >= 0.6 is 0 Å². The van der Waals surface area contributed by atoms with Gasteiger partial charge in [-0.05, 0) is 6.07 Å². The van der Waals surface area contributed by atoms with Crippen molar-refractivity contribution < 1.29 is 4.74 Å². The lowest BCUT2D eigenvalue weighted by atomic mass is 10.2. The van der Waals surface area contributed by atoms with Crippen LogP contribution in [0.25, 0.3) is 11.4 Å². The number of anilines is 1. The summed E-state index contributed by atoms with van der Waals surface area (Å²) >= 11 is 0. The lowest BCUT2D eigenvalue weighted by Gasteiger charge is -2.33. The molecule has 0 N–H and O–H groups in total. The van der Waals surface area contributed by atoms with Gasteiger partial charge in [-0.1, -0.05) is 36.3 Å². The van der Waals surface area contributed by atoms with Gasteiger partial charge in [-0.3, -0.25) is 0 Å². The summed E-state index contributed by atoms with van der Waals surface area (Å²) in [4.78, 5) is 11.1. The van der Waals surface area contributed by atoms with Crippen molar-refractivity contribution in [3.05, 3.63) is 42.6 Å². The molecule has 100 valence electrons. The lowest BCUT2D eigenvalue weighted by Crippen LogP contribution is -2.45. The first-order chi connectivity index (χ1) is 9.88. The number of morpholine rings is 1. The second-order valence-electron chi connectivity index (χ2n) is 4.56. The van der Waals surface area contributed by atoms with Crippen LogP contribution in [0, 0.1) is 12.3 Å². The molecule has 0 spiro atoms. The fourth-order valence-electron chi connectivity index (χ4n) is 2.25. The summed E-state index contributed by atoms with van der Waals surface area (Å²) in [6, 6.07) is 11.7. The fraction of sp³-hybridized carbons (Fsp3) is 0.250. The number of terminal acetylenes is 1. The number of rotatable bonds is 2. The van der Waals surface area contributed by atoms with Crippen molar-refractivity contribution in [2.24, 2.45) is 0 Å². The van der Waals surface area contributed by atoms with Crippen LogP contribution in [0.5, 0.6) is 0 Å². The molecule has 0 unspecified atom stereocenters. The Bertz CT molecular complexity index is 621. The molecule has 0 amide bonds. The maximum absolute atomic E-state index is 5.57. The normalized spacial score (nSPS) is 18.6. The van der Waals surface area contributed by atoms with Crippen molar-refractivity contribution in [2.45, 2.75) is 6.04 Å². The molecule has 0 radical (unpaired) electrons. The number of hydrogen-bond acceptors (Lipinski definition) is 4. The average Bonchev–Trinajstić information content (AvgIpc) is 2.56. The molecule has 1 fully saturated rings. The maximum Gasteiger partial charge on any atom is 0.161 e. The highest BCUT2D eigenvalue weighted by atomic mass is 16.5. The van der Waals surface area contributed by atoms with Crippen molar-refractivity contribution in [1.82, 2.24) is 9.97 Å². The zero-order valence-electron chi connectivity index (χ0n) is 11.1. The van der Waals surface area contributed by atoms with Gasteiger partial charge in [0.1, 0.15) is 11.9 Å². The largest absolute Gasteiger partial charge is 0.376 e. The number of ether oxygens (including phenoxy) is 1. The Balaban J connectivity index is 1.93. The quantitative estimate of drug-likeness (QED) is 0.778. The Labute approximate surface area is 118 Å². The Morgan fingerprint density at radius 1 is 1.25 bits per heavy atom. The highest BCUT2D eigenvalue weighted by Crippen LogP contribution is 2.20. The zero-order chi connectivity index (χ0) is 13.8. The van der Waals surface area contributed by atoms with Crippen molar-refractivity contribution in [2.75, 3.05) is 24.7 Å². The van der Waals surface area contributed by atoms with Gasteiger partial charge in [0, 0.05) is 18.3 Å². The highest BCUT2D eigenvalue weighted by Gasteiger charge is 2.22. The predicted molar refractivity (Wildman–Crippen MR) is 78.3 cm³/mol. The molecule has 1 aromatic heterocycles. The molecule has 1 aliphatic rings. The van der Waals surface area contributed by atoms with E-state index in [0.717, 1.165) is 17.9 Å². The van der Waals surface area contributed by atoms with Crippen LogP contribution in [-0.4, -0.2) is 35.8 Å². The molecule has 2 aromatic rings. The van der Waals surface area contributed by atoms with E-state index in [9.17, 15) is 0 Å². The van der Waals surface area contributed by atoms with Crippen LogP contribution in [0.3, 0.4) is 0 Å². The average molecular weight is 265 g/mol. The van der Waals surface area contributed by atoms with E-state index >= 15 is 0 Å². The predicted octanol–water partition coefficient (Wildman–Crippen LogP) is 1.98. The van der Waals surface area contributed by atoms with Crippen LogP contribution < -0.4 is 4.90 Å². The first kappa shape index (κ1) is 12.6. The van der Waals surface area contributed by atoms with E-state index in [2.05, 4.69) is 20.8 Å². The van der Waals surface area contributed by atoms with Crippen LogP contribution in [0.4, 0.5) is 5.82 Å². The topological polar surface area (TPSA) is 38.2 Å². The Morgan fingerprint density at radius 2 is 2.10 bits per heavy atom. The third kappa shape index (κ3) is 2.49. The molecule has 1 atom stereocenters. The van der Waals surface area contributed by atoms with Gasteiger partial charge in [-0.2, -0.15) is 0 Å². The van der Waals surface area contributed by atoms with Gasteiger partial charge in [0.05, 0.1) is 13.2 Å². The van der Waals surface area contributed by atoms with Crippen molar-refractivity contribution in [3.63, 3.8) is 0 Å². The van der Waals surface area contributed by atoms with E-state index in [-0.39, 0.29) is 6.04 Å². The van der Waals surface area contributed by atoms with Crippen LogP contribution in [0.2, 0.25) is 0 Å². The first-order valence-electron chi connectivity index (χ1n) is 6.57. The third-order valence-electron chi connectivity index (χ3n) is 3.29. The minimum Gasteiger partial charge on any atom is -0.376 e. The second-order valence-corrected chi connectivity index (χ2v) is 4.56. The SMILES string of the molecule is C#C[C@H]1COCCN1c1ccnc(-c2ccccc2)n1. The number of nitrogens with zero attached hydrogens (tertiary/aromatic N) is 3. The summed E-state index contributed by atoms with van der Waals surface area (Å²) in [7, 11) is 0. The summed E-state index contributed by atoms with van der Waals surface area (Å²) in [6.07, 6.45) is 7.34. The van der Waals surface area contributed by atoms with E-state index in [1.54, 1.807) is 6.20 Å². The molecule has 2 heterocycles. The Hall–Kier alpha value is -2.38. The summed E-state index contributed by atoms with van der Waals surface area (Å²) in [6.45, 7) is 1.96. The van der Waals surface area contributed by atoms with Gasteiger partial charge < -0.3 is 9.64 Å². The molecule has 3 rings (SSSR count). The standard InChI is InChI=1S/C16H15N3O/c1-2-14-12-20-11-10-19(14)15-8-9-17-16(18-15)13-6-4-3-5-7-13/h1,3-9,14H,10-12H2/t14-/m0/s1. The second kappa shape index (κ2) is 5.72. The third-order valence-corrected chi connectivity index (χ3v) is 3.29. The molecule has 1 aromatic carbocycles. The van der Waals surface area contributed by atoms with Crippen molar-refractivity contribution in [3.8, 4) is 23.7 Å². The summed E-state index contributed by atoms with van der Waals surface area (Å²) in [5.74, 6) is 4.32. The molecule has 1 aliphatic heterocycles. The number of hydrogen-bond donors (Lipinski definition) is 0. The maximum atomic E-state index is 5.57. The van der Waals surface area contributed by atoms with Gasteiger partial charge >= 0.3 is 0 Å². The number of aromatic nitrogens is 2. The molecule has 4 heteroatoms. The highest BCUT2D eigenvalue weighted by molar-refractivity contribution is 5.57. The summed E-state index contributed by atoms with van der Waals surface area (Å²) < 4.78 is 5.41. The van der Waals surface area contributed by atoms with Gasteiger partial charge in [0.2, 0.25) is 0 Å². The molecule has 0 aliphatic carbocycles. The van der Waals surface area contributed by atoms with E-state index in [1.165, 1.54) is 0 Å². The summed E-state index contributed by atoms with van der Waals surface area (Å²) in [5.41, 5.74) is 1.000. The fourth-order valence-corrected chi connectivity index (χ4v) is 2.25. The minimum atomic E-state index is -0.0673. The van der Waals surface area contributed by atoms with Crippen LogP contribution in [-0.2, 0) is 4.74 Å². The smallest absolute Gasteiger partial charge is 0.161 e. The monoisotopic (exact) mass is 265 g/mol. The minimum absolute atomic E-state index is 0.0673. The van der Waals surface area contributed by atoms with E-state index < -0.39 is 0 Å². The first-order valence-corrected chi connectivity index (χ1v) is 6.57. The molecule has 1 saturated heterocycles. The van der Waals surface area contributed by atoms with Crippen LogP contribution in [0.15, 0.2) is 42.6 Å². The molecule has 4 nitrogen and oxygen atoms in total. The van der Waals surface area contributed by atoms with Gasteiger partial charge in [0.25, 0.3) is 0 Å². The van der Waals surface area contributed by atoms with Crippen LogP contribution in [0.1, 0.15) is 0 Å². The number of benzene rings is 1. The van der Waals surface area contributed by atoms with E-state index in [1.807, 2.05) is 36.4 Å². The Morgan fingerprint density at radius 3 is 2.90 bits per heavy atom. The van der Waals surface area contributed by atoms with Gasteiger partial charge in [-0.25, -0.2) is 9.97 Å². The molecular weight excluding hydrogens is 250 g/mol. The molecule has 0 saturated carbocycles. The van der Waals surface area contributed by atoms with Crippen molar-refractivity contribution in [1.29, 1.82) is 0 Å². The van der Waals surface area contributed by atoms with Crippen molar-refractivity contribution >= 4 is 5.82 Å².